The topological polar surface area (TPSA) is 0 Å². The first-order chi connectivity index (χ1) is 8.77. The van der Waals surface area contributed by atoms with Crippen LogP contribution in [0.1, 0.15) is 11.1 Å². The zero-order valence-electron chi connectivity index (χ0n) is 9.68. The van der Waals surface area contributed by atoms with Crippen molar-refractivity contribution >= 4 is 52.3 Å². The summed E-state index contributed by atoms with van der Waals surface area (Å²) in [6, 6.07) is 20.8. The molecule has 0 heterocycles. The van der Waals surface area contributed by atoms with Crippen molar-refractivity contribution in [3.05, 3.63) is 83.9 Å². The Morgan fingerprint density at radius 2 is 0.944 bits per heavy atom. The molecule has 0 saturated heterocycles. The molecular weight excluding hydrogens is 446 g/mol. The number of hydrogen-bond donors (Lipinski definition) is 0. The Bertz CT molecular complexity index is 501. The highest BCUT2D eigenvalue weighted by Crippen LogP contribution is 2.25. The van der Waals surface area contributed by atoms with Crippen molar-refractivity contribution in [3.63, 3.8) is 0 Å². The molecule has 18 heavy (non-hydrogen) atoms. The summed E-state index contributed by atoms with van der Waals surface area (Å²) in [5.41, 5.74) is 2.51. The van der Waals surface area contributed by atoms with Crippen LogP contribution in [-0.4, -0.2) is 0 Å². The molecule has 2 aromatic rings. The molecule has 0 aliphatic carbocycles. The highest BCUT2D eigenvalue weighted by Gasteiger charge is 1.96. The summed E-state index contributed by atoms with van der Waals surface area (Å²) in [7, 11) is 0. The van der Waals surface area contributed by atoms with Crippen LogP contribution in [0.2, 0.25) is 0 Å². The molecule has 0 atom stereocenters. The van der Waals surface area contributed by atoms with Crippen LogP contribution in [0.25, 0.3) is 7.16 Å². The third kappa shape index (κ3) is 3.95. The maximum absolute atomic E-state index is 2.37. The maximum atomic E-state index is 2.37. The molecule has 2 heteroatoms. The first kappa shape index (κ1) is 13.8. The number of allylic oxidation sites excluding steroid dienone is 2. The van der Waals surface area contributed by atoms with E-state index in [1.54, 1.807) is 0 Å². The summed E-state index contributed by atoms with van der Waals surface area (Å²) in [6.07, 6.45) is 4.31. The molecule has 90 valence electrons. The van der Waals surface area contributed by atoms with E-state index >= 15 is 0 Å². The molecular formula is C16H12I2. The molecule has 0 fully saturated rings. The first-order valence-corrected chi connectivity index (χ1v) is 7.77. The predicted molar refractivity (Wildman–Crippen MR) is 96.9 cm³/mol. The Labute approximate surface area is 135 Å². The van der Waals surface area contributed by atoms with Crippen LogP contribution < -0.4 is 0 Å². The summed E-state index contributed by atoms with van der Waals surface area (Å²) in [5.74, 6) is 0. The highest BCUT2D eigenvalue weighted by atomic mass is 127. The van der Waals surface area contributed by atoms with E-state index in [-0.39, 0.29) is 0 Å². The van der Waals surface area contributed by atoms with Gasteiger partial charge in [0.2, 0.25) is 0 Å². The maximum Gasteiger partial charge on any atom is 0.0203 e. The fourth-order valence-corrected chi connectivity index (χ4v) is 2.61. The molecule has 0 radical (unpaired) electrons. The summed E-state index contributed by atoms with van der Waals surface area (Å²) >= 11 is 4.75. The lowest BCUT2D eigenvalue weighted by molar-refractivity contribution is 1.65. The zero-order chi connectivity index (χ0) is 12.8. The molecule has 0 bridgehead atoms. The lowest BCUT2D eigenvalue weighted by Gasteiger charge is -1.99. The van der Waals surface area contributed by atoms with Gasteiger partial charge in [0.15, 0.2) is 0 Å². The molecule has 0 unspecified atom stereocenters. The van der Waals surface area contributed by atoms with Gasteiger partial charge in [0.1, 0.15) is 0 Å². The summed E-state index contributed by atoms with van der Waals surface area (Å²) in [6.45, 7) is 0. The van der Waals surface area contributed by atoms with Crippen LogP contribution in [-0.2, 0) is 0 Å². The second-order valence-corrected chi connectivity index (χ2v) is 6.09. The average molecular weight is 458 g/mol. The Morgan fingerprint density at radius 3 is 1.28 bits per heavy atom. The van der Waals surface area contributed by atoms with Gasteiger partial charge in [-0.05, 0) is 68.5 Å². The average Bonchev–Trinajstić information content (AvgIpc) is 2.46. The third-order valence-electron chi connectivity index (χ3n) is 2.48. The Hall–Kier alpha value is -0.620. The van der Waals surface area contributed by atoms with Gasteiger partial charge in [-0.2, -0.15) is 0 Å². The lowest BCUT2D eigenvalue weighted by Crippen LogP contribution is -1.75. The van der Waals surface area contributed by atoms with E-state index in [1.165, 1.54) is 18.3 Å². The van der Waals surface area contributed by atoms with Crippen molar-refractivity contribution < 1.29 is 0 Å². The van der Waals surface area contributed by atoms with Gasteiger partial charge in [0.05, 0.1) is 0 Å². The van der Waals surface area contributed by atoms with E-state index in [0.717, 1.165) is 0 Å². The van der Waals surface area contributed by atoms with Crippen molar-refractivity contribution in [1.82, 2.24) is 0 Å². The van der Waals surface area contributed by atoms with Crippen molar-refractivity contribution in [3.8, 4) is 0 Å². The minimum atomic E-state index is 1.25. The van der Waals surface area contributed by atoms with Gasteiger partial charge in [-0.25, -0.2) is 0 Å². The quantitative estimate of drug-likeness (QED) is 0.395. The number of hydrogen-bond acceptors (Lipinski definition) is 0. The number of benzene rings is 2. The van der Waals surface area contributed by atoms with E-state index < -0.39 is 0 Å². The van der Waals surface area contributed by atoms with Gasteiger partial charge in [-0.1, -0.05) is 60.7 Å². The van der Waals surface area contributed by atoms with Gasteiger partial charge in [-0.3, -0.25) is 0 Å². The fourth-order valence-electron chi connectivity index (χ4n) is 1.53. The zero-order valence-corrected chi connectivity index (χ0v) is 14.0. The Balaban J connectivity index is 2.20. The van der Waals surface area contributed by atoms with Gasteiger partial charge < -0.3 is 0 Å². The molecule has 0 aliphatic rings. The van der Waals surface area contributed by atoms with E-state index in [2.05, 4.69) is 106 Å². The molecule has 0 spiro atoms. The molecule has 0 aliphatic heterocycles. The third-order valence-corrected chi connectivity index (χ3v) is 4.44. The normalized spacial score (nSPS) is 12.6. The van der Waals surface area contributed by atoms with E-state index in [0.29, 0.717) is 0 Å². The molecule has 0 N–H and O–H groups in total. The Morgan fingerprint density at radius 1 is 0.611 bits per heavy atom. The van der Waals surface area contributed by atoms with Gasteiger partial charge >= 0.3 is 0 Å². The van der Waals surface area contributed by atoms with Crippen LogP contribution in [0, 0.1) is 0 Å². The standard InChI is InChI=1S/C16H12I2/c17-15(13-7-3-1-4-8-13)11-12-16(18)14-9-5-2-6-10-14/h1-12H/b15-11-,16-12-. The van der Waals surface area contributed by atoms with E-state index in [1.807, 2.05) is 12.1 Å². The number of rotatable bonds is 3. The molecule has 0 aromatic heterocycles. The van der Waals surface area contributed by atoms with Crippen LogP contribution in [0.3, 0.4) is 0 Å². The van der Waals surface area contributed by atoms with Gasteiger partial charge in [0.25, 0.3) is 0 Å². The van der Waals surface area contributed by atoms with Crippen LogP contribution >= 0.6 is 45.2 Å². The van der Waals surface area contributed by atoms with E-state index in [4.69, 9.17) is 0 Å². The van der Waals surface area contributed by atoms with Crippen LogP contribution in [0.15, 0.2) is 72.8 Å². The molecule has 0 amide bonds. The van der Waals surface area contributed by atoms with Crippen LogP contribution in [0.5, 0.6) is 0 Å². The summed E-state index contributed by atoms with van der Waals surface area (Å²) in [4.78, 5) is 0. The first-order valence-electron chi connectivity index (χ1n) is 5.61. The Kier molecular flexibility index (Phi) is 5.44. The largest absolute Gasteiger partial charge is 0.0622 e. The minimum Gasteiger partial charge on any atom is -0.0622 e. The predicted octanol–water partition coefficient (Wildman–Crippen LogP) is 5.94. The number of halogens is 2. The summed E-state index contributed by atoms with van der Waals surface area (Å²) < 4.78 is 2.50. The van der Waals surface area contributed by atoms with Gasteiger partial charge in [-0.15, -0.1) is 0 Å². The lowest BCUT2D eigenvalue weighted by atomic mass is 10.2. The second kappa shape index (κ2) is 7.09. The van der Waals surface area contributed by atoms with E-state index in [9.17, 15) is 0 Å². The molecule has 0 saturated carbocycles. The fraction of sp³-hybridized carbons (Fsp3) is 0. The highest BCUT2D eigenvalue weighted by molar-refractivity contribution is 14.1. The van der Waals surface area contributed by atoms with Crippen LogP contribution in [0.4, 0.5) is 0 Å². The van der Waals surface area contributed by atoms with Crippen molar-refractivity contribution in [2.45, 2.75) is 0 Å². The minimum absolute atomic E-state index is 1.25. The molecule has 0 nitrogen and oxygen atoms in total. The molecule has 2 rings (SSSR count). The summed E-state index contributed by atoms with van der Waals surface area (Å²) in [5, 5.41) is 0. The molecule has 2 aromatic carbocycles. The SMILES string of the molecule is I/C(=C\C=C(/I)c1ccccc1)c1ccccc1. The smallest absolute Gasteiger partial charge is 0.0203 e. The van der Waals surface area contributed by atoms with Crippen molar-refractivity contribution in [1.29, 1.82) is 0 Å². The van der Waals surface area contributed by atoms with Crippen molar-refractivity contribution in [2.24, 2.45) is 0 Å². The second-order valence-electron chi connectivity index (χ2n) is 3.76. The van der Waals surface area contributed by atoms with Gasteiger partial charge in [0, 0.05) is 7.16 Å². The monoisotopic (exact) mass is 458 g/mol. The van der Waals surface area contributed by atoms with Crippen molar-refractivity contribution in [2.75, 3.05) is 0 Å².